The molecule has 0 spiro atoms. The molecule has 9 rings (SSSR count). The Kier molecular flexibility index (Phi) is 13.9. The smallest absolute Gasteiger partial charge is 0.290 e. The van der Waals surface area contributed by atoms with E-state index in [1.807, 2.05) is 24.4 Å². The minimum atomic E-state index is -1.03. The van der Waals surface area contributed by atoms with Gasteiger partial charge in [-0.2, -0.15) is 0 Å². The number of nitrogens with zero attached hydrogens (tertiary/aromatic N) is 4. The fraction of sp³-hybridized carbons (Fsp3) is 0.435. The van der Waals surface area contributed by atoms with Crippen LogP contribution in [0.2, 0.25) is 0 Å². The number of aromatic nitrogens is 2. The zero-order valence-corrected chi connectivity index (χ0v) is 36.8. The molecule has 19 nitrogen and oxygen atoms in total. The van der Waals surface area contributed by atoms with E-state index in [4.69, 9.17) is 28.8 Å². The number of pyridine rings is 2. The second-order valence-corrected chi connectivity index (χ2v) is 17.0. The van der Waals surface area contributed by atoms with E-state index in [1.54, 1.807) is 56.4 Å². The molecule has 4 fully saturated rings. The number of ether oxygens (including phenoxy) is 4. The molecule has 344 valence electrons. The van der Waals surface area contributed by atoms with Crippen LogP contribution in [0.5, 0.6) is 11.5 Å². The number of methoxy groups -OCH3 is 2. The van der Waals surface area contributed by atoms with Crippen LogP contribution < -0.4 is 31.0 Å². The van der Waals surface area contributed by atoms with Gasteiger partial charge in [-0.25, -0.2) is 0 Å². The lowest BCUT2D eigenvalue weighted by molar-refractivity contribution is -0.173. The molecule has 2 aromatic carbocycles. The number of carbonyl (C=O) groups is 6. The number of hydrogen-bond acceptors (Lipinski definition) is 14. The lowest BCUT2D eigenvalue weighted by Crippen LogP contribution is -2.76. The Morgan fingerprint density at radius 1 is 0.969 bits per heavy atom. The van der Waals surface area contributed by atoms with Gasteiger partial charge in [-0.15, -0.1) is 0 Å². The first-order valence-electron chi connectivity index (χ1n) is 21.3. The number of anilines is 1. The fourth-order valence-electron chi connectivity index (χ4n) is 9.80. The van der Waals surface area contributed by atoms with Crippen LogP contribution in [0.4, 0.5) is 5.69 Å². The Hall–Kier alpha value is -6.70. The van der Waals surface area contributed by atoms with Crippen molar-refractivity contribution in [3.05, 3.63) is 82.0 Å². The molecule has 1 saturated heterocycles. The Morgan fingerprint density at radius 3 is 2.34 bits per heavy atom. The molecule has 5 aliphatic rings. The first kappa shape index (κ1) is 46.3. The van der Waals surface area contributed by atoms with Crippen LogP contribution in [0, 0.1) is 5.41 Å². The van der Waals surface area contributed by atoms with Crippen LogP contribution >= 0.6 is 0 Å². The van der Waals surface area contributed by atoms with E-state index < -0.39 is 29.7 Å². The molecule has 3 saturated carbocycles. The molecule has 2 aromatic heterocycles. The molecule has 2 aliphatic heterocycles. The number of rotatable bonds is 19. The van der Waals surface area contributed by atoms with Crippen LogP contribution in [0.15, 0.2) is 59.8 Å². The van der Waals surface area contributed by atoms with Gasteiger partial charge in [0, 0.05) is 74.9 Å². The van der Waals surface area contributed by atoms with E-state index >= 15 is 0 Å². The van der Waals surface area contributed by atoms with E-state index in [0.29, 0.717) is 55.5 Å². The molecule has 4 heterocycles. The van der Waals surface area contributed by atoms with Gasteiger partial charge < -0.3 is 44.2 Å². The summed E-state index contributed by atoms with van der Waals surface area (Å²) in [5, 5.41) is 16.8. The van der Waals surface area contributed by atoms with E-state index in [-0.39, 0.29) is 65.9 Å². The van der Waals surface area contributed by atoms with Crippen molar-refractivity contribution in [2.75, 3.05) is 66.1 Å². The largest absolute Gasteiger partial charge is 0.496 e. The predicted molar refractivity (Wildman–Crippen MR) is 236 cm³/mol. The Bertz CT molecular complexity index is 2530. The standard InChI is InChI=1S/C45H51N7O10.CH2O2/c1-50(21-32-35(59-3)18-27(19-36(32)60-4)31-22-51(2)41(56)30-20-46-12-10-28(30)31)26-44-23-45(24-44,25-44)49-38(54)11-14-61-16-17-62-15-13-47-33-7-5-6-29-39(33)43(58)52(42(29)57)34-8-9-37(53)48-40(34)55;2-1-3/h5-7,10,12,18-20,22,34,47H,8-9,11,13-17,21,23-26H2,1-4H3,(H,49,54)(H,48,53,55);1H,(H,2,3). The van der Waals surface area contributed by atoms with Gasteiger partial charge in [0.2, 0.25) is 17.7 Å². The topological polar surface area (TPSA) is 237 Å². The van der Waals surface area contributed by atoms with E-state index in [1.165, 1.54) is 0 Å². The highest BCUT2D eigenvalue weighted by molar-refractivity contribution is 6.25. The average molecular weight is 896 g/mol. The molecule has 0 radical (unpaired) electrons. The molecular weight excluding hydrogens is 843 g/mol. The van der Waals surface area contributed by atoms with E-state index in [9.17, 15) is 28.8 Å². The van der Waals surface area contributed by atoms with Crippen molar-refractivity contribution >= 4 is 52.5 Å². The number of amides is 5. The van der Waals surface area contributed by atoms with Gasteiger partial charge in [0.15, 0.2) is 0 Å². The van der Waals surface area contributed by atoms with Crippen LogP contribution in [0.3, 0.4) is 0 Å². The summed E-state index contributed by atoms with van der Waals surface area (Å²) in [5.74, 6) is -0.859. The molecule has 4 aromatic rings. The molecule has 3 aliphatic carbocycles. The Balaban J connectivity index is 0.00000204. The molecular formula is C46H53N7O12. The van der Waals surface area contributed by atoms with Crippen molar-refractivity contribution in [3.63, 3.8) is 0 Å². The maximum Gasteiger partial charge on any atom is 0.290 e. The Morgan fingerprint density at radius 2 is 1.66 bits per heavy atom. The van der Waals surface area contributed by atoms with Crippen LogP contribution in [-0.2, 0) is 42.2 Å². The summed E-state index contributed by atoms with van der Waals surface area (Å²) >= 11 is 0. The zero-order chi connectivity index (χ0) is 46.5. The minimum absolute atomic E-state index is 0.0338. The van der Waals surface area contributed by atoms with E-state index in [2.05, 4.69) is 32.9 Å². The van der Waals surface area contributed by atoms with Crippen LogP contribution in [-0.4, -0.2) is 133 Å². The third kappa shape index (κ3) is 9.57. The van der Waals surface area contributed by atoms with Crippen molar-refractivity contribution in [3.8, 4) is 22.6 Å². The Labute approximate surface area is 374 Å². The number of aryl methyl sites for hydroxylation is 1. The summed E-state index contributed by atoms with van der Waals surface area (Å²) in [5.41, 5.74) is 3.42. The van der Waals surface area contributed by atoms with Gasteiger partial charge in [0.25, 0.3) is 23.8 Å². The highest BCUT2D eigenvalue weighted by atomic mass is 16.5. The van der Waals surface area contributed by atoms with Crippen LogP contribution in [0.25, 0.3) is 21.9 Å². The van der Waals surface area contributed by atoms with Gasteiger partial charge in [-0.1, -0.05) is 6.07 Å². The summed E-state index contributed by atoms with van der Waals surface area (Å²) in [6, 6.07) is 9.69. The quantitative estimate of drug-likeness (QED) is 0.0602. The van der Waals surface area contributed by atoms with Crippen molar-refractivity contribution < 1.29 is 52.8 Å². The highest BCUT2D eigenvalue weighted by Crippen LogP contribution is 2.67. The highest BCUT2D eigenvalue weighted by Gasteiger charge is 2.68. The van der Waals surface area contributed by atoms with Crippen LogP contribution in [0.1, 0.15) is 64.8 Å². The van der Waals surface area contributed by atoms with Gasteiger partial charge >= 0.3 is 0 Å². The van der Waals surface area contributed by atoms with Crippen molar-refractivity contribution in [2.24, 2.45) is 12.5 Å². The molecule has 19 heteroatoms. The molecule has 4 N–H and O–H groups in total. The number of benzene rings is 2. The van der Waals surface area contributed by atoms with Crippen molar-refractivity contribution in [2.45, 2.75) is 56.7 Å². The maximum atomic E-state index is 13.3. The van der Waals surface area contributed by atoms with E-state index in [0.717, 1.165) is 52.8 Å². The molecule has 1 unspecified atom stereocenters. The van der Waals surface area contributed by atoms with Crippen molar-refractivity contribution in [1.29, 1.82) is 0 Å². The summed E-state index contributed by atoms with van der Waals surface area (Å²) in [6.45, 7) is 2.76. The monoisotopic (exact) mass is 895 g/mol. The minimum Gasteiger partial charge on any atom is -0.496 e. The number of piperidine rings is 1. The SMILES string of the molecule is COc1cc(-c2cn(C)c(=O)c3cnccc23)cc(OC)c1CN(C)CC12CC(NC(=O)CCOCCOCCNc3cccc4c3C(=O)N(C3CCC(=O)NC3=O)C4=O)(C1)C2.O=CO. The summed E-state index contributed by atoms with van der Waals surface area (Å²) in [4.78, 5) is 91.6. The third-order valence-corrected chi connectivity index (χ3v) is 12.4. The van der Waals surface area contributed by atoms with Gasteiger partial charge in [-0.05, 0) is 79.4 Å². The number of nitrogens with one attached hydrogen (secondary N) is 3. The molecule has 5 amide bonds. The normalized spacial score (nSPS) is 20.6. The number of carboxylic acid groups (broad SMARTS) is 1. The van der Waals surface area contributed by atoms with Gasteiger partial charge in [0.1, 0.15) is 17.5 Å². The first-order chi connectivity index (χ1) is 31.3. The number of carbonyl (C=O) groups excluding carboxylic acids is 5. The second-order valence-electron chi connectivity index (χ2n) is 17.0. The number of imide groups is 2. The van der Waals surface area contributed by atoms with Gasteiger partial charge in [0.05, 0.1) is 62.7 Å². The number of fused-ring (bicyclic) bond motifs is 2. The predicted octanol–water partition coefficient (Wildman–Crippen LogP) is 2.73. The third-order valence-electron chi connectivity index (χ3n) is 12.4. The molecule has 1 atom stereocenters. The molecule has 65 heavy (non-hydrogen) atoms. The lowest BCUT2D eigenvalue weighted by Gasteiger charge is -2.71. The zero-order valence-electron chi connectivity index (χ0n) is 36.8. The number of hydrogen-bond donors (Lipinski definition) is 4. The van der Waals surface area contributed by atoms with Gasteiger partial charge in [-0.3, -0.25) is 48.8 Å². The molecule has 2 bridgehead atoms. The summed E-state index contributed by atoms with van der Waals surface area (Å²) in [6.07, 6.45) is 8.27. The first-order valence-corrected chi connectivity index (χ1v) is 21.3. The lowest BCUT2D eigenvalue weighted by atomic mass is 9.39. The second kappa shape index (κ2) is 19.6. The van der Waals surface area contributed by atoms with Crippen molar-refractivity contribution in [1.82, 2.24) is 30.0 Å². The maximum absolute atomic E-state index is 13.3. The average Bonchev–Trinajstić information content (AvgIpc) is 3.52. The summed E-state index contributed by atoms with van der Waals surface area (Å²) in [7, 11) is 7.11. The fourth-order valence-corrected chi connectivity index (χ4v) is 9.80. The summed E-state index contributed by atoms with van der Waals surface area (Å²) < 4.78 is 24.7.